The van der Waals surface area contributed by atoms with Crippen molar-refractivity contribution < 1.29 is 0 Å². The Kier molecular flexibility index (Phi) is 6.11. The first-order chi connectivity index (χ1) is 9.72. The first kappa shape index (κ1) is 15.6. The van der Waals surface area contributed by atoms with Gasteiger partial charge in [0, 0.05) is 37.6 Å². The highest BCUT2D eigenvalue weighted by atomic mass is 15.2. The number of aryl methyl sites for hydroxylation is 1. The van der Waals surface area contributed by atoms with Crippen LogP contribution in [0, 0.1) is 5.92 Å². The predicted molar refractivity (Wildman–Crippen MR) is 85.9 cm³/mol. The van der Waals surface area contributed by atoms with Gasteiger partial charge < -0.3 is 9.88 Å². The number of nitrogens with zero attached hydrogens (tertiary/aromatic N) is 2. The van der Waals surface area contributed by atoms with Gasteiger partial charge in [-0.3, -0.25) is 4.90 Å². The summed E-state index contributed by atoms with van der Waals surface area (Å²) in [6, 6.07) is 5.09. The van der Waals surface area contributed by atoms with Crippen LogP contribution in [0.2, 0.25) is 0 Å². The molecule has 1 fully saturated rings. The average Bonchev–Trinajstić information content (AvgIpc) is 3.06. The van der Waals surface area contributed by atoms with Crippen molar-refractivity contribution in [3.8, 4) is 0 Å². The van der Waals surface area contributed by atoms with Crippen molar-refractivity contribution in [1.82, 2.24) is 14.8 Å². The van der Waals surface area contributed by atoms with Gasteiger partial charge in [0.1, 0.15) is 0 Å². The number of likely N-dealkylation sites (tertiary alicyclic amines) is 1. The maximum absolute atomic E-state index is 3.68. The summed E-state index contributed by atoms with van der Waals surface area (Å²) in [5.74, 6) is 0.725. The van der Waals surface area contributed by atoms with E-state index in [0.29, 0.717) is 6.04 Å². The molecule has 0 spiro atoms. The lowest BCUT2D eigenvalue weighted by molar-refractivity contribution is 0.186. The molecule has 3 heteroatoms. The zero-order valence-corrected chi connectivity index (χ0v) is 13.4. The van der Waals surface area contributed by atoms with Crippen LogP contribution >= 0.6 is 0 Å². The Morgan fingerprint density at radius 3 is 2.65 bits per heavy atom. The van der Waals surface area contributed by atoms with E-state index < -0.39 is 0 Å². The summed E-state index contributed by atoms with van der Waals surface area (Å²) in [6.07, 6.45) is 6.15. The minimum Gasteiger partial charge on any atom is -0.350 e. The van der Waals surface area contributed by atoms with Crippen molar-refractivity contribution in [2.45, 2.75) is 59.2 Å². The second kappa shape index (κ2) is 7.84. The summed E-state index contributed by atoms with van der Waals surface area (Å²) in [5.41, 5.74) is 1.41. The van der Waals surface area contributed by atoms with Gasteiger partial charge in [-0.2, -0.15) is 0 Å². The van der Waals surface area contributed by atoms with Crippen molar-refractivity contribution >= 4 is 0 Å². The van der Waals surface area contributed by atoms with E-state index in [9.17, 15) is 0 Å². The molecule has 1 unspecified atom stereocenters. The Morgan fingerprint density at radius 2 is 2.00 bits per heavy atom. The Labute approximate surface area is 124 Å². The Bertz CT molecular complexity index is 377. The largest absolute Gasteiger partial charge is 0.350 e. The van der Waals surface area contributed by atoms with Crippen molar-refractivity contribution in [2.75, 3.05) is 19.6 Å². The molecule has 1 aromatic heterocycles. The molecule has 0 radical (unpaired) electrons. The van der Waals surface area contributed by atoms with Crippen molar-refractivity contribution in [3.05, 3.63) is 24.0 Å². The second-order valence-electron chi connectivity index (χ2n) is 6.38. The van der Waals surface area contributed by atoms with Crippen LogP contribution in [-0.2, 0) is 13.1 Å². The first-order valence-corrected chi connectivity index (χ1v) is 8.31. The molecule has 20 heavy (non-hydrogen) atoms. The number of hydrogen-bond donors (Lipinski definition) is 1. The lowest BCUT2D eigenvalue weighted by Crippen LogP contribution is -2.44. The average molecular weight is 277 g/mol. The van der Waals surface area contributed by atoms with Gasteiger partial charge in [0.2, 0.25) is 0 Å². The predicted octanol–water partition coefficient (Wildman–Crippen LogP) is 3.11. The minimum absolute atomic E-state index is 0.687. The van der Waals surface area contributed by atoms with Gasteiger partial charge in [-0.05, 0) is 50.4 Å². The maximum Gasteiger partial charge on any atom is 0.0359 e. The molecule has 0 amide bonds. The molecule has 1 aromatic rings. The van der Waals surface area contributed by atoms with Gasteiger partial charge in [0.05, 0.1) is 0 Å². The quantitative estimate of drug-likeness (QED) is 0.788. The maximum atomic E-state index is 3.68. The molecular weight excluding hydrogens is 246 g/mol. The topological polar surface area (TPSA) is 20.2 Å². The smallest absolute Gasteiger partial charge is 0.0359 e. The zero-order valence-electron chi connectivity index (χ0n) is 13.4. The van der Waals surface area contributed by atoms with Gasteiger partial charge >= 0.3 is 0 Å². The van der Waals surface area contributed by atoms with Crippen LogP contribution < -0.4 is 5.32 Å². The summed E-state index contributed by atoms with van der Waals surface area (Å²) in [7, 11) is 0. The van der Waals surface area contributed by atoms with Crippen LogP contribution in [0.5, 0.6) is 0 Å². The number of nitrogens with one attached hydrogen (secondary N) is 1. The van der Waals surface area contributed by atoms with E-state index in [0.717, 1.165) is 25.6 Å². The molecule has 0 saturated carbocycles. The molecule has 1 atom stereocenters. The van der Waals surface area contributed by atoms with E-state index in [4.69, 9.17) is 0 Å². The lowest BCUT2D eigenvalue weighted by Gasteiger charge is -2.31. The van der Waals surface area contributed by atoms with E-state index in [-0.39, 0.29) is 0 Å². The summed E-state index contributed by atoms with van der Waals surface area (Å²) >= 11 is 0. The van der Waals surface area contributed by atoms with Gasteiger partial charge in [-0.15, -0.1) is 0 Å². The fraction of sp³-hybridized carbons (Fsp3) is 0.765. The molecule has 1 saturated heterocycles. The van der Waals surface area contributed by atoms with Crippen LogP contribution in [0.1, 0.15) is 45.7 Å². The van der Waals surface area contributed by atoms with Crippen molar-refractivity contribution in [2.24, 2.45) is 5.92 Å². The number of hydrogen-bond acceptors (Lipinski definition) is 2. The highest BCUT2D eigenvalue weighted by Gasteiger charge is 2.24. The molecule has 0 aromatic carbocycles. The van der Waals surface area contributed by atoms with E-state index in [1.165, 1.54) is 38.0 Å². The third kappa shape index (κ3) is 4.10. The van der Waals surface area contributed by atoms with Crippen LogP contribution in [0.4, 0.5) is 0 Å². The van der Waals surface area contributed by atoms with Crippen LogP contribution in [0.3, 0.4) is 0 Å². The molecule has 0 aliphatic carbocycles. The van der Waals surface area contributed by atoms with Gasteiger partial charge in [0.15, 0.2) is 0 Å². The van der Waals surface area contributed by atoms with Crippen molar-refractivity contribution in [1.29, 1.82) is 0 Å². The van der Waals surface area contributed by atoms with Crippen LogP contribution in [0.25, 0.3) is 0 Å². The SMILES string of the molecule is CCCn1cccc1CNCC(C(C)C)N1CCCC1. The molecule has 2 heterocycles. The van der Waals surface area contributed by atoms with Gasteiger partial charge in [-0.25, -0.2) is 0 Å². The molecule has 1 aliphatic heterocycles. The number of rotatable bonds is 8. The highest BCUT2D eigenvalue weighted by molar-refractivity contribution is 5.06. The Morgan fingerprint density at radius 1 is 1.25 bits per heavy atom. The first-order valence-electron chi connectivity index (χ1n) is 8.31. The summed E-state index contributed by atoms with van der Waals surface area (Å²) in [4.78, 5) is 2.67. The fourth-order valence-electron chi connectivity index (χ4n) is 3.28. The van der Waals surface area contributed by atoms with Crippen LogP contribution in [0.15, 0.2) is 18.3 Å². The van der Waals surface area contributed by atoms with E-state index in [1.807, 2.05) is 0 Å². The van der Waals surface area contributed by atoms with Crippen LogP contribution in [-0.4, -0.2) is 35.1 Å². The third-order valence-electron chi connectivity index (χ3n) is 4.43. The molecule has 114 valence electrons. The van der Waals surface area contributed by atoms with E-state index in [2.05, 4.69) is 53.9 Å². The second-order valence-corrected chi connectivity index (χ2v) is 6.38. The summed E-state index contributed by atoms with van der Waals surface area (Å²) in [6.45, 7) is 12.7. The van der Waals surface area contributed by atoms with E-state index >= 15 is 0 Å². The Hall–Kier alpha value is -0.800. The highest BCUT2D eigenvalue weighted by Crippen LogP contribution is 2.17. The zero-order chi connectivity index (χ0) is 14.4. The fourth-order valence-corrected chi connectivity index (χ4v) is 3.28. The van der Waals surface area contributed by atoms with E-state index in [1.54, 1.807) is 0 Å². The molecule has 1 N–H and O–H groups in total. The molecule has 0 bridgehead atoms. The monoisotopic (exact) mass is 277 g/mol. The minimum atomic E-state index is 0.687. The molecular formula is C17H31N3. The molecule has 3 nitrogen and oxygen atoms in total. The molecule has 2 rings (SSSR count). The van der Waals surface area contributed by atoms with Gasteiger partial charge in [0.25, 0.3) is 0 Å². The third-order valence-corrected chi connectivity index (χ3v) is 4.43. The standard InChI is InChI=1S/C17H31N3/c1-4-9-19-12-7-8-16(19)13-18-14-17(15(2)3)20-10-5-6-11-20/h7-8,12,15,17-18H,4-6,9-11,13-14H2,1-3H3. The normalized spacial score (nSPS) is 18.0. The summed E-state index contributed by atoms with van der Waals surface area (Å²) in [5, 5.41) is 3.68. The number of aromatic nitrogens is 1. The lowest BCUT2D eigenvalue weighted by atomic mass is 10.0. The molecule has 1 aliphatic rings. The van der Waals surface area contributed by atoms with Gasteiger partial charge in [-0.1, -0.05) is 20.8 Å². The van der Waals surface area contributed by atoms with Crippen molar-refractivity contribution in [3.63, 3.8) is 0 Å². The summed E-state index contributed by atoms with van der Waals surface area (Å²) < 4.78 is 2.37. The Balaban J connectivity index is 1.82.